The zero-order valence-electron chi connectivity index (χ0n) is 16.4. The molecule has 0 saturated carbocycles. The third-order valence-corrected chi connectivity index (χ3v) is 6.27. The predicted octanol–water partition coefficient (Wildman–Crippen LogP) is 3.48. The maximum absolute atomic E-state index is 12.4. The molecule has 30 heavy (non-hydrogen) atoms. The van der Waals surface area contributed by atoms with E-state index < -0.39 is 24.5 Å². The SMILES string of the molecule is COC(=O)c1c(NC(=O)COC(=O)c2n[nH]c3ccccc23)sc2c1CCCCC2. The van der Waals surface area contributed by atoms with Crippen molar-refractivity contribution in [3.8, 4) is 0 Å². The Labute approximate surface area is 176 Å². The maximum atomic E-state index is 12.4. The Morgan fingerprint density at radius 3 is 2.77 bits per heavy atom. The van der Waals surface area contributed by atoms with E-state index in [1.54, 1.807) is 18.2 Å². The molecule has 1 aromatic carbocycles. The van der Waals surface area contributed by atoms with Crippen molar-refractivity contribution in [3.63, 3.8) is 0 Å². The molecular formula is C21H21N3O5S. The normalized spacial score (nSPS) is 13.4. The smallest absolute Gasteiger partial charge is 0.359 e. The van der Waals surface area contributed by atoms with Gasteiger partial charge in [0.1, 0.15) is 5.00 Å². The van der Waals surface area contributed by atoms with Crippen molar-refractivity contribution in [1.29, 1.82) is 0 Å². The van der Waals surface area contributed by atoms with Gasteiger partial charge >= 0.3 is 11.9 Å². The third kappa shape index (κ3) is 3.93. The highest BCUT2D eigenvalue weighted by Gasteiger charge is 2.26. The van der Waals surface area contributed by atoms with E-state index in [9.17, 15) is 14.4 Å². The highest BCUT2D eigenvalue weighted by atomic mass is 32.1. The summed E-state index contributed by atoms with van der Waals surface area (Å²) in [6, 6.07) is 7.15. The van der Waals surface area contributed by atoms with E-state index >= 15 is 0 Å². The molecule has 1 aliphatic rings. The van der Waals surface area contributed by atoms with Crippen LogP contribution < -0.4 is 5.32 Å². The predicted molar refractivity (Wildman–Crippen MR) is 112 cm³/mol. The zero-order chi connectivity index (χ0) is 21.1. The van der Waals surface area contributed by atoms with Crippen LogP contribution in [-0.4, -0.2) is 41.8 Å². The first kappa shape index (κ1) is 20.1. The lowest BCUT2D eigenvalue weighted by Crippen LogP contribution is -2.22. The number of aromatic amines is 1. The van der Waals surface area contributed by atoms with Crippen molar-refractivity contribution < 1.29 is 23.9 Å². The van der Waals surface area contributed by atoms with Gasteiger partial charge in [-0.15, -0.1) is 11.3 Å². The monoisotopic (exact) mass is 427 g/mol. The van der Waals surface area contributed by atoms with Crippen LogP contribution in [0.4, 0.5) is 5.00 Å². The Bertz CT molecular complexity index is 1120. The summed E-state index contributed by atoms with van der Waals surface area (Å²) in [5.41, 5.74) is 2.20. The minimum absolute atomic E-state index is 0.122. The van der Waals surface area contributed by atoms with Crippen LogP contribution in [0.15, 0.2) is 24.3 Å². The number of thiophene rings is 1. The van der Waals surface area contributed by atoms with Crippen molar-refractivity contribution in [2.24, 2.45) is 0 Å². The van der Waals surface area contributed by atoms with Gasteiger partial charge in [0.15, 0.2) is 12.3 Å². The lowest BCUT2D eigenvalue weighted by atomic mass is 10.1. The Kier molecular flexibility index (Phi) is 5.80. The standard InChI is InChI=1S/C21H21N3O5S/c1-28-20(26)17-13-8-3-2-4-10-15(13)30-19(17)22-16(25)11-29-21(27)18-12-7-5-6-9-14(12)23-24-18/h5-7,9H,2-4,8,10-11H2,1H3,(H,22,25)(H,23,24). The Hall–Kier alpha value is -3.20. The number of fused-ring (bicyclic) bond motifs is 2. The lowest BCUT2D eigenvalue weighted by Gasteiger charge is -2.08. The third-order valence-electron chi connectivity index (χ3n) is 5.06. The summed E-state index contributed by atoms with van der Waals surface area (Å²) < 4.78 is 10.1. The minimum Gasteiger partial charge on any atom is -0.465 e. The maximum Gasteiger partial charge on any atom is 0.359 e. The first-order chi connectivity index (χ1) is 14.6. The van der Waals surface area contributed by atoms with Gasteiger partial charge in [-0.2, -0.15) is 5.10 Å². The molecule has 156 valence electrons. The Morgan fingerprint density at radius 2 is 1.93 bits per heavy atom. The molecule has 2 heterocycles. The first-order valence-electron chi connectivity index (χ1n) is 9.71. The van der Waals surface area contributed by atoms with Gasteiger partial charge in [0, 0.05) is 10.3 Å². The molecular weight excluding hydrogens is 406 g/mol. The van der Waals surface area contributed by atoms with Gasteiger partial charge in [-0.05, 0) is 37.3 Å². The number of esters is 2. The molecule has 9 heteroatoms. The fourth-order valence-electron chi connectivity index (χ4n) is 3.63. The second-order valence-corrected chi connectivity index (χ2v) is 8.11. The number of rotatable bonds is 5. The summed E-state index contributed by atoms with van der Waals surface area (Å²) >= 11 is 1.39. The van der Waals surface area contributed by atoms with Crippen LogP contribution in [0.3, 0.4) is 0 Å². The lowest BCUT2D eigenvalue weighted by molar-refractivity contribution is -0.119. The molecule has 0 atom stereocenters. The van der Waals surface area contributed by atoms with Gasteiger partial charge in [-0.3, -0.25) is 9.89 Å². The van der Waals surface area contributed by atoms with E-state index in [1.807, 2.05) is 6.07 Å². The number of carbonyl (C=O) groups excluding carboxylic acids is 3. The summed E-state index contributed by atoms with van der Waals surface area (Å²) in [7, 11) is 1.32. The number of benzene rings is 1. The van der Waals surface area contributed by atoms with Gasteiger partial charge in [0.25, 0.3) is 5.91 Å². The zero-order valence-corrected chi connectivity index (χ0v) is 17.3. The van der Waals surface area contributed by atoms with Crippen molar-refractivity contribution in [1.82, 2.24) is 10.2 Å². The second-order valence-electron chi connectivity index (χ2n) is 7.00. The second kappa shape index (κ2) is 8.66. The number of anilines is 1. The molecule has 4 rings (SSSR count). The molecule has 0 unspecified atom stereocenters. The number of hydrogen-bond donors (Lipinski definition) is 2. The van der Waals surface area contributed by atoms with E-state index in [1.165, 1.54) is 18.4 Å². The fourth-order valence-corrected chi connectivity index (χ4v) is 4.92. The van der Waals surface area contributed by atoms with Crippen molar-refractivity contribution in [2.45, 2.75) is 32.1 Å². The summed E-state index contributed by atoms with van der Waals surface area (Å²) in [5.74, 6) is -1.69. The molecule has 0 saturated heterocycles. The fraction of sp³-hybridized carbons (Fsp3) is 0.333. The number of nitrogens with one attached hydrogen (secondary N) is 2. The molecule has 2 N–H and O–H groups in total. The van der Waals surface area contributed by atoms with Crippen LogP contribution in [0.5, 0.6) is 0 Å². The summed E-state index contributed by atoms with van der Waals surface area (Å²) in [6.45, 7) is -0.483. The molecule has 0 bridgehead atoms. The molecule has 0 radical (unpaired) electrons. The number of aromatic nitrogens is 2. The van der Waals surface area contributed by atoms with Crippen molar-refractivity contribution >= 4 is 45.1 Å². The average molecular weight is 427 g/mol. The Morgan fingerprint density at radius 1 is 1.13 bits per heavy atom. The topological polar surface area (TPSA) is 110 Å². The highest BCUT2D eigenvalue weighted by Crippen LogP contribution is 2.37. The van der Waals surface area contributed by atoms with Gasteiger partial charge in [0.2, 0.25) is 0 Å². The van der Waals surface area contributed by atoms with Gasteiger partial charge in [-0.25, -0.2) is 9.59 Å². The number of para-hydroxylation sites is 1. The summed E-state index contributed by atoms with van der Waals surface area (Å²) in [4.78, 5) is 38.2. The van der Waals surface area contributed by atoms with Crippen LogP contribution in [-0.2, 0) is 27.1 Å². The number of ether oxygens (including phenoxy) is 2. The van der Waals surface area contributed by atoms with Crippen LogP contribution in [0.25, 0.3) is 10.9 Å². The average Bonchev–Trinajstić information content (AvgIpc) is 3.25. The molecule has 1 amide bonds. The molecule has 2 aromatic heterocycles. The van der Waals surface area contributed by atoms with Gasteiger partial charge in [-0.1, -0.05) is 24.6 Å². The van der Waals surface area contributed by atoms with Gasteiger partial charge in [0.05, 0.1) is 18.2 Å². The van der Waals surface area contributed by atoms with E-state index in [0.717, 1.165) is 42.5 Å². The number of methoxy groups -OCH3 is 1. The van der Waals surface area contributed by atoms with Crippen LogP contribution in [0.1, 0.15) is 50.5 Å². The van der Waals surface area contributed by atoms with E-state index in [4.69, 9.17) is 9.47 Å². The van der Waals surface area contributed by atoms with Crippen molar-refractivity contribution in [2.75, 3.05) is 19.0 Å². The molecule has 8 nitrogen and oxygen atoms in total. The summed E-state index contributed by atoms with van der Waals surface area (Å²) in [5, 5.41) is 10.5. The quantitative estimate of drug-likeness (QED) is 0.476. The first-order valence-corrected chi connectivity index (χ1v) is 10.5. The number of hydrogen-bond acceptors (Lipinski definition) is 7. The number of aryl methyl sites for hydroxylation is 1. The van der Waals surface area contributed by atoms with Crippen LogP contribution >= 0.6 is 11.3 Å². The molecule has 0 fully saturated rings. The number of carbonyl (C=O) groups is 3. The minimum atomic E-state index is -0.697. The highest BCUT2D eigenvalue weighted by molar-refractivity contribution is 7.17. The van der Waals surface area contributed by atoms with E-state index in [2.05, 4.69) is 15.5 Å². The van der Waals surface area contributed by atoms with Crippen LogP contribution in [0.2, 0.25) is 0 Å². The van der Waals surface area contributed by atoms with Crippen molar-refractivity contribution in [3.05, 3.63) is 46.0 Å². The molecule has 0 spiro atoms. The van der Waals surface area contributed by atoms with Crippen LogP contribution in [0, 0.1) is 0 Å². The van der Waals surface area contributed by atoms with Gasteiger partial charge < -0.3 is 14.8 Å². The number of nitrogens with zero attached hydrogens (tertiary/aromatic N) is 1. The Balaban J connectivity index is 1.46. The largest absolute Gasteiger partial charge is 0.465 e. The molecule has 3 aromatic rings. The summed E-state index contributed by atoms with van der Waals surface area (Å²) in [6.07, 6.45) is 4.82. The van der Waals surface area contributed by atoms with E-state index in [0.29, 0.717) is 21.5 Å². The number of amides is 1. The number of H-pyrrole nitrogens is 1. The molecule has 0 aliphatic heterocycles. The molecule has 1 aliphatic carbocycles. The van der Waals surface area contributed by atoms with E-state index in [-0.39, 0.29) is 5.69 Å².